The van der Waals surface area contributed by atoms with Crippen LogP contribution in [0.1, 0.15) is 15.9 Å². The highest BCUT2D eigenvalue weighted by atomic mass is 19.1. The maximum Gasteiger partial charge on any atom is 0.341 e. The lowest BCUT2D eigenvalue weighted by Gasteiger charge is -2.08. The number of fused-ring (bicyclic) bond motifs is 1. The molecule has 0 radical (unpaired) electrons. The quantitative estimate of drug-likeness (QED) is 0.885. The van der Waals surface area contributed by atoms with Crippen molar-refractivity contribution in [1.29, 1.82) is 0 Å². The zero-order valence-corrected chi connectivity index (χ0v) is 9.61. The zero-order valence-electron chi connectivity index (χ0n) is 9.61. The summed E-state index contributed by atoms with van der Waals surface area (Å²) in [5.74, 6) is -1.89. The Bertz CT molecular complexity index is 731. The highest BCUT2D eigenvalue weighted by Gasteiger charge is 2.15. The van der Waals surface area contributed by atoms with Crippen molar-refractivity contribution in [1.82, 2.24) is 4.57 Å². The second kappa shape index (κ2) is 4.10. The van der Waals surface area contributed by atoms with Crippen molar-refractivity contribution in [2.24, 2.45) is 0 Å². The van der Waals surface area contributed by atoms with Crippen molar-refractivity contribution in [3.63, 3.8) is 0 Å². The van der Waals surface area contributed by atoms with Crippen molar-refractivity contribution in [2.45, 2.75) is 6.92 Å². The molecule has 1 aromatic carbocycles. The molecule has 92 valence electrons. The smallest absolute Gasteiger partial charge is 0.341 e. The standard InChI is InChI=1S/C13H10FNO3/c1-3-15-6-9(13(17)18)12(16)8-5-10(14)7(2)4-11(8)15/h3-6H,1H2,2H3,(H,17,18). The summed E-state index contributed by atoms with van der Waals surface area (Å²) in [4.78, 5) is 22.9. The number of benzene rings is 1. The number of halogens is 1. The number of hydrogen-bond acceptors (Lipinski definition) is 2. The SMILES string of the molecule is C=Cn1cc(C(=O)O)c(=O)c2cc(F)c(C)cc21. The lowest BCUT2D eigenvalue weighted by atomic mass is 10.1. The van der Waals surface area contributed by atoms with Crippen LogP contribution in [0.15, 0.2) is 29.7 Å². The van der Waals surface area contributed by atoms with E-state index in [2.05, 4.69) is 6.58 Å². The zero-order chi connectivity index (χ0) is 13.4. The fraction of sp³-hybridized carbons (Fsp3) is 0.0769. The maximum absolute atomic E-state index is 13.5. The largest absolute Gasteiger partial charge is 0.477 e. The highest BCUT2D eigenvalue weighted by Crippen LogP contribution is 2.17. The van der Waals surface area contributed by atoms with E-state index in [1.54, 1.807) is 6.92 Å². The number of carboxylic acid groups (broad SMARTS) is 1. The van der Waals surface area contributed by atoms with Gasteiger partial charge < -0.3 is 9.67 Å². The van der Waals surface area contributed by atoms with Crippen molar-refractivity contribution >= 4 is 23.1 Å². The van der Waals surface area contributed by atoms with Crippen LogP contribution in [0, 0.1) is 12.7 Å². The Hall–Kier alpha value is -2.43. The third kappa shape index (κ3) is 1.69. The Kier molecular flexibility index (Phi) is 2.74. The topological polar surface area (TPSA) is 59.3 Å². The molecule has 0 aliphatic heterocycles. The lowest BCUT2D eigenvalue weighted by Crippen LogP contribution is -2.17. The van der Waals surface area contributed by atoms with Gasteiger partial charge >= 0.3 is 5.97 Å². The van der Waals surface area contributed by atoms with Gasteiger partial charge in [0.1, 0.15) is 11.4 Å². The van der Waals surface area contributed by atoms with Crippen LogP contribution in [0.3, 0.4) is 0 Å². The summed E-state index contributed by atoms with van der Waals surface area (Å²) >= 11 is 0. The van der Waals surface area contributed by atoms with Gasteiger partial charge in [0, 0.05) is 17.8 Å². The molecule has 4 nitrogen and oxygen atoms in total. The van der Waals surface area contributed by atoms with Crippen molar-refractivity contribution < 1.29 is 14.3 Å². The number of nitrogens with zero attached hydrogens (tertiary/aromatic N) is 1. The van der Waals surface area contributed by atoms with Gasteiger partial charge in [-0.15, -0.1) is 0 Å². The molecule has 5 heteroatoms. The third-order valence-corrected chi connectivity index (χ3v) is 2.74. The summed E-state index contributed by atoms with van der Waals surface area (Å²) in [7, 11) is 0. The molecule has 18 heavy (non-hydrogen) atoms. The second-order valence-electron chi connectivity index (χ2n) is 3.89. The average molecular weight is 247 g/mol. The summed E-state index contributed by atoms with van der Waals surface area (Å²) in [5, 5.41) is 8.95. The van der Waals surface area contributed by atoms with Crippen LogP contribution >= 0.6 is 0 Å². The van der Waals surface area contributed by atoms with Crippen molar-refractivity contribution in [3.8, 4) is 0 Å². The van der Waals surface area contributed by atoms with Gasteiger partial charge in [-0.2, -0.15) is 0 Å². The minimum atomic E-state index is -1.35. The van der Waals surface area contributed by atoms with Gasteiger partial charge in [0.2, 0.25) is 5.43 Å². The van der Waals surface area contributed by atoms with E-state index in [-0.39, 0.29) is 5.39 Å². The molecule has 1 N–H and O–H groups in total. The molecule has 0 aliphatic carbocycles. The predicted octanol–water partition coefficient (Wildman–Crippen LogP) is 2.25. The number of rotatable bonds is 2. The molecule has 0 saturated heterocycles. The number of aromatic carboxylic acids is 1. The fourth-order valence-electron chi connectivity index (χ4n) is 1.78. The molecule has 1 aromatic heterocycles. The summed E-state index contributed by atoms with van der Waals surface area (Å²) in [6.07, 6.45) is 2.54. The van der Waals surface area contributed by atoms with Crippen molar-refractivity contribution in [3.05, 3.63) is 52.1 Å². The van der Waals surface area contributed by atoms with Crippen molar-refractivity contribution in [2.75, 3.05) is 0 Å². The first kappa shape index (κ1) is 12.0. The first-order chi connectivity index (χ1) is 8.45. The lowest BCUT2D eigenvalue weighted by molar-refractivity contribution is 0.0695. The Morgan fingerprint density at radius 2 is 2.17 bits per heavy atom. The third-order valence-electron chi connectivity index (χ3n) is 2.74. The summed E-state index contributed by atoms with van der Waals surface area (Å²) < 4.78 is 14.9. The van der Waals surface area contributed by atoms with E-state index < -0.39 is 22.8 Å². The van der Waals surface area contributed by atoms with E-state index in [1.165, 1.54) is 23.0 Å². The maximum atomic E-state index is 13.5. The summed E-state index contributed by atoms with van der Waals surface area (Å²) in [6, 6.07) is 2.54. The number of hydrogen-bond donors (Lipinski definition) is 1. The van der Waals surface area contributed by atoms with E-state index in [4.69, 9.17) is 5.11 Å². The van der Waals surface area contributed by atoms with Gasteiger partial charge in [0.05, 0.1) is 5.52 Å². The Labute approximate surface area is 102 Å². The van der Waals surface area contributed by atoms with Crippen LogP contribution in [0.5, 0.6) is 0 Å². The predicted molar refractivity (Wildman–Crippen MR) is 66.2 cm³/mol. The van der Waals surface area contributed by atoms with Gasteiger partial charge in [0.25, 0.3) is 0 Å². The summed E-state index contributed by atoms with van der Waals surface area (Å²) in [6.45, 7) is 5.10. The molecule has 2 rings (SSSR count). The van der Waals surface area contributed by atoms with Crippen LogP contribution in [-0.2, 0) is 0 Å². The highest BCUT2D eigenvalue weighted by molar-refractivity contribution is 5.93. The Morgan fingerprint density at radius 1 is 1.50 bits per heavy atom. The van der Waals surface area contributed by atoms with Gasteiger partial charge in [0.15, 0.2) is 0 Å². The second-order valence-corrected chi connectivity index (χ2v) is 3.89. The van der Waals surface area contributed by atoms with E-state index in [0.717, 1.165) is 6.07 Å². The number of aromatic nitrogens is 1. The van der Waals surface area contributed by atoms with Gasteiger partial charge in [-0.3, -0.25) is 4.79 Å². The molecule has 0 atom stereocenters. The van der Waals surface area contributed by atoms with Crippen LogP contribution in [-0.4, -0.2) is 15.6 Å². The minimum absolute atomic E-state index is 0.0258. The molecule has 0 aliphatic rings. The average Bonchev–Trinajstić information content (AvgIpc) is 2.32. The first-order valence-electron chi connectivity index (χ1n) is 5.16. The molecule has 0 amide bonds. The molecule has 0 fully saturated rings. The normalized spacial score (nSPS) is 10.6. The monoisotopic (exact) mass is 247 g/mol. The van der Waals surface area contributed by atoms with E-state index >= 15 is 0 Å². The molecular formula is C13H10FNO3. The number of aryl methyl sites for hydroxylation is 1. The van der Waals surface area contributed by atoms with Crippen LogP contribution in [0.25, 0.3) is 17.1 Å². The van der Waals surface area contributed by atoms with Crippen LogP contribution in [0.4, 0.5) is 4.39 Å². The van der Waals surface area contributed by atoms with E-state index in [1.807, 2.05) is 0 Å². The number of pyridine rings is 1. The molecular weight excluding hydrogens is 237 g/mol. The van der Waals surface area contributed by atoms with E-state index in [0.29, 0.717) is 11.1 Å². The molecule has 0 saturated carbocycles. The van der Waals surface area contributed by atoms with E-state index in [9.17, 15) is 14.0 Å². The number of carbonyl (C=O) groups is 1. The van der Waals surface area contributed by atoms with Gasteiger partial charge in [-0.25, -0.2) is 9.18 Å². The molecule has 0 bridgehead atoms. The minimum Gasteiger partial charge on any atom is -0.477 e. The molecule has 1 heterocycles. The molecule has 0 unspecified atom stereocenters. The molecule has 0 spiro atoms. The Balaban J connectivity index is 3.03. The van der Waals surface area contributed by atoms with Gasteiger partial charge in [-0.1, -0.05) is 6.58 Å². The fourth-order valence-corrected chi connectivity index (χ4v) is 1.78. The van der Waals surface area contributed by atoms with Crippen LogP contribution in [0.2, 0.25) is 0 Å². The van der Waals surface area contributed by atoms with Crippen LogP contribution < -0.4 is 5.43 Å². The van der Waals surface area contributed by atoms with Gasteiger partial charge in [-0.05, 0) is 24.6 Å². The molecule has 2 aromatic rings. The Morgan fingerprint density at radius 3 is 2.72 bits per heavy atom. The number of carboxylic acids is 1. The summed E-state index contributed by atoms with van der Waals surface area (Å²) in [5.41, 5.74) is -0.306. The first-order valence-corrected chi connectivity index (χ1v) is 5.16.